The highest BCUT2D eigenvalue weighted by Gasteiger charge is 2.24. The van der Waals surface area contributed by atoms with E-state index in [0.717, 1.165) is 21.3 Å². The third-order valence-electron chi connectivity index (χ3n) is 3.48. The van der Waals surface area contributed by atoms with Crippen molar-refractivity contribution in [3.8, 4) is 0 Å². The molecule has 2 N–H and O–H groups in total. The molecule has 2 aromatic rings. The van der Waals surface area contributed by atoms with Crippen LogP contribution in [-0.2, 0) is 9.59 Å². The summed E-state index contributed by atoms with van der Waals surface area (Å²) in [6.07, 6.45) is 0. The number of fused-ring (bicyclic) bond motifs is 1. The molecule has 6 heteroatoms. The van der Waals surface area contributed by atoms with E-state index in [2.05, 4.69) is 21.7 Å². The van der Waals surface area contributed by atoms with Gasteiger partial charge in [0.2, 0.25) is 11.8 Å². The predicted octanol–water partition coefficient (Wildman–Crippen LogP) is 3.01. The molecule has 2 amide bonds. The van der Waals surface area contributed by atoms with Gasteiger partial charge in [0, 0.05) is 6.92 Å². The smallest absolute Gasteiger partial charge is 0.248 e. The van der Waals surface area contributed by atoms with E-state index in [0.29, 0.717) is 5.13 Å². The second-order valence-corrected chi connectivity index (χ2v) is 6.81. The minimum absolute atomic E-state index is 0.00162. The lowest BCUT2D eigenvalue weighted by Crippen LogP contribution is -2.46. The number of rotatable bonds is 4. The molecule has 0 fully saturated rings. The molecule has 1 aromatic heterocycles. The molecule has 2 rings (SSSR count). The zero-order chi connectivity index (χ0) is 16.4. The number of aromatic nitrogens is 1. The van der Waals surface area contributed by atoms with Gasteiger partial charge in [-0.3, -0.25) is 9.59 Å². The fraction of sp³-hybridized carbons (Fsp3) is 0.438. The SMILES string of the molecule is CC(=O)NC(C(=O)Nc1nc2c(C)ccc(C)c2s1)C(C)C. The van der Waals surface area contributed by atoms with E-state index >= 15 is 0 Å². The molecule has 0 spiro atoms. The summed E-state index contributed by atoms with van der Waals surface area (Å²) in [5.74, 6) is -0.453. The summed E-state index contributed by atoms with van der Waals surface area (Å²) < 4.78 is 1.08. The van der Waals surface area contributed by atoms with Crippen molar-refractivity contribution in [2.24, 2.45) is 5.92 Å². The number of nitrogens with zero attached hydrogens (tertiary/aromatic N) is 1. The van der Waals surface area contributed by atoms with Gasteiger partial charge < -0.3 is 10.6 Å². The van der Waals surface area contributed by atoms with E-state index in [1.165, 1.54) is 18.3 Å². The molecule has 1 aromatic carbocycles. The predicted molar refractivity (Wildman–Crippen MR) is 90.2 cm³/mol. The van der Waals surface area contributed by atoms with Crippen molar-refractivity contribution in [1.29, 1.82) is 0 Å². The Labute approximate surface area is 134 Å². The summed E-state index contributed by atoms with van der Waals surface area (Å²) in [5, 5.41) is 6.07. The first kappa shape index (κ1) is 16.4. The number of carbonyl (C=O) groups excluding carboxylic acids is 2. The van der Waals surface area contributed by atoms with Crippen molar-refractivity contribution in [3.63, 3.8) is 0 Å². The first-order chi connectivity index (χ1) is 10.3. The number of anilines is 1. The van der Waals surface area contributed by atoms with Crippen LogP contribution in [0.4, 0.5) is 5.13 Å². The number of nitrogens with one attached hydrogen (secondary N) is 2. The zero-order valence-electron chi connectivity index (χ0n) is 13.5. The molecular weight excluding hydrogens is 298 g/mol. The molecule has 0 aliphatic heterocycles. The largest absolute Gasteiger partial charge is 0.344 e. The van der Waals surface area contributed by atoms with Crippen molar-refractivity contribution in [3.05, 3.63) is 23.3 Å². The Morgan fingerprint density at radius 2 is 1.82 bits per heavy atom. The van der Waals surface area contributed by atoms with Crippen LogP contribution in [0, 0.1) is 19.8 Å². The minimum Gasteiger partial charge on any atom is -0.344 e. The number of carbonyl (C=O) groups is 2. The molecular formula is C16H21N3O2S. The van der Waals surface area contributed by atoms with Gasteiger partial charge in [-0.05, 0) is 30.9 Å². The van der Waals surface area contributed by atoms with Crippen molar-refractivity contribution < 1.29 is 9.59 Å². The molecule has 0 radical (unpaired) electrons. The van der Waals surface area contributed by atoms with E-state index in [1.807, 2.05) is 33.8 Å². The van der Waals surface area contributed by atoms with Crippen LogP contribution < -0.4 is 10.6 Å². The number of thiazole rings is 1. The second-order valence-electron chi connectivity index (χ2n) is 5.81. The number of hydrogen-bond donors (Lipinski definition) is 2. The van der Waals surface area contributed by atoms with Crippen LogP contribution in [0.25, 0.3) is 10.2 Å². The van der Waals surface area contributed by atoms with Gasteiger partial charge in [-0.1, -0.05) is 37.3 Å². The van der Waals surface area contributed by atoms with E-state index < -0.39 is 6.04 Å². The molecule has 0 saturated carbocycles. The first-order valence-electron chi connectivity index (χ1n) is 7.24. The van der Waals surface area contributed by atoms with Gasteiger partial charge in [0.05, 0.1) is 10.2 Å². The van der Waals surface area contributed by atoms with Crippen molar-refractivity contribution in [2.75, 3.05) is 5.32 Å². The summed E-state index contributed by atoms with van der Waals surface area (Å²) in [6, 6.07) is 3.51. The van der Waals surface area contributed by atoms with Crippen LogP contribution in [-0.4, -0.2) is 22.8 Å². The standard InChI is InChI=1S/C16H21N3O2S/c1-8(2)12(17-11(5)20)15(21)19-16-18-13-9(3)6-7-10(4)14(13)22-16/h6-8,12H,1-5H3,(H,17,20)(H,18,19,21). The molecule has 0 bridgehead atoms. The molecule has 22 heavy (non-hydrogen) atoms. The van der Waals surface area contributed by atoms with Gasteiger partial charge in [0.15, 0.2) is 5.13 Å². The summed E-state index contributed by atoms with van der Waals surface area (Å²) >= 11 is 1.46. The Kier molecular flexibility index (Phi) is 4.81. The highest BCUT2D eigenvalue weighted by Crippen LogP contribution is 2.31. The second kappa shape index (κ2) is 6.44. The van der Waals surface area contributed by atoms with E-state index in [9.17, 15) is 9.59 Å². The van der Waals surface area contributed by atoms with Crippen molar-refractivity contribution in [2.45, 2.75) is 40.7 Å². The molecule has 1 atom stereocenters. The molecule has 118 valence electrons. The Bertz CT molecular complexity index is 682. The maximum atomic E-state index is 12.4. The van der Waals surface area contributed by atoms with Crippen LogP contribution in [0.5, 0.6) is 0 Å². The maximum Gasteiger partial charge on any atom is 0.248 e. The van der Waals surface area contributed by atoms with Crippen LogP contribution in [0.3, 0.4) is 0 Å². The average Bonchev–Trinajstić information content (AvgIpc) is 2.84. The molecule has 0 aliphatic rings. The summed E-state index contributed by atoms with van der Waals surface area (Å²) in [5.41, 5.74) is 3.14. The highest BCUT2D eigenvalue weighted by molar-refractivity contribution is 7.22. The Morgan fingerprint density at radius 3 is 2.36 bits per heavy atom. The van der Waals surface area contributed by atoms with Crippen LogP contribution in [0.15, 0.2) is 12.1 Å². The third-order valence-corrected chi connectivity index (χ3v) is 4.59. The lowest BCUT2D eigenvalue weighted by Gasteiger charge is -2.20. The van der Waals surface area contributed by atoms with Crippen LogP contribution in [0.2, 0.25) is 0 Å². The summed E-state index contributed by atoms with van der Waals surface area (Å²) in [4.78, 5) is 28.1. The highest BCUT2D eigenvalue weighted by atomic mass is 32.1. The van der Waals surface area contributed by atoms with Gasteiger partial charge in [-0.15, -0.1) is 0 Å². The van der Waals surface area contributed by atoms with Crippen LogP contribution in [0.1, 0.15) is 31.9 Å². The number of hydrogen-bond acceptors (Lipinski definition) is 4. The fourth-order valence-corrected chi connectivity index (χ4v) is 3.26. The number of benzene rings is 1. The Hall–Kier alpha value is -1.95. The van der Waals surface area contributed by atoms with Crippen molar-refractivity contribution in [1.82, 2.24) is 10.3 Å². The topological polar surface area (TPSA) is 71.1 Å². The number of aryl methyl sites for hydroxylation is 2. The summed E-state index contributed by atoms with van der Waals surface area (Å²) in [7, 11) is 0. The third kappa shape index (κ3) is 3.44. The van der Waals surface area contributed by atoms with Crippen LogP contribution >= 0.6 is 11.3 Å². The maximum absolute atomic E-state index is 12.4. The lowest BCUT2D eigenvalue weighted by atomic mass is 10.0. The molecule has 1 unspecified atom stereocenters. The fourth-order valence-electron chi connectivity index (χ4n) is 2.25. The average molecular weight is 319 g/mol. The monoisotopic (exact) mass is 319 g/mol. The zero-order valence-corrected chi connectivity index (χ0v) is 14.3. The van der Waals surface area contributed by atoms with E-state index in [-0.39, 0.29) is 17.7 Å². The Morgan fingerprint density at radius 1 is 1.18 bits per heavy atom. The lowest BCUT2D eigenvalue weighted by molar-refractivity contribution is -0.126. The minimum atomic E-state index is -0.563. The first-order valence-corrected chi connectivity index (χ1v) is 8.06. The van der Waals surface area contributed by atoms with E-state index in [4.69, 9.17) is 0 Å². The number of amides is 2. The quantitative estimate of drug-likeness (QED) is 0.910. The van der Waals surface area contributed by atoms with Gasteiger partial charge >= 0.3 is 0 Å². The molecule has 0 saturated heterocycles. The van der Waals surface area contributed by atoms with E-state index in [1.54, 1.807) is 0 Å². The Balaban J connectivity index is 2.26. The van der Waals surface area contributed by atoms with Gasteiger partial charge in [0.1, 0.15) is 6.04 Å². The summed E-state index contributed by atoms with van der Waals surface area (Å²) in [6.45, 7) is 9.23. The molecule has 5 nitrogen and oxygen atoms in total. The van der Waals surface area contributed by atoms with Gasteiger partial charge in [-0.2, -0.15) is 0 Å². The van der Waals surface area contributed by atoms with Gasteiger partial charge in [0.25, 0.3) is 0 Å². The normalized spacial score (nSPS) is 12.5. The van der Waals surface area contributed by atoms with Gasteiger partial charge in [-0.25, -0.2) is 4.98 Å². The molecule has 1 heterocycles. The molecule has 0 aliphatic carbocycles. The van der Waals surface area contributed by atoms with Crippen molar-refractivity contribution >= 4 is 38.5 Å².